The number of para-hydroxylation sites is 2. The molecular weight excluding hydrogens is 308 g/mol. The molecule has 1 aromatic rings. The number of carbonyl (C=O) groups excluding carboxylic acids is 1. The molecule has 1 saturated heterocycles. The maximum absolute atomic E-state index is 12.6. The maximum atomic E-state index is 12.6. The Morgan fingerprint density at radius 2 is 2.04 bits per heavy atom. The number of benzene rings is 1. The van der Waals surface area contributed by atoms with Gasteiger partial charge in [0.05, 0.1) is 4.92 Å². The van der Waals surface area contributed by atoms with E-state index in [0.29, 0.717) is 0 Å². The minimum absolute atomic E-state index is 0.0837. The second-order valence-electron chi connectivity index (χ2n) is 8.25. The highest BCUT2D eigenvalue weighted by atomic mass is 16.6. The van der Waals surface area contributed by atoms with Crippen LogP contribution in [0.3, 0.4) is 0 Å². The van der Waals surface area contributed by atoms with Gasteiger partial charge in [0.15, 0.2) is 12.4 Å². The highest BCUT2D eigenvalue weighted by molar-refractivity contribution is 5.78. The Balaban J connectivity index is 1.68. The van der Waals surface area contributed by atoms with Crippen LogP contribution in [0.25, 0.3) is 0 Å². The third-order valence-electron chi connectivity index (χ3n) is 5.15. The minimum atomic E-state index is -0.494. The molecule has 1 amide bonds. The number of nitro groups is 1. The van der Waals surface area contributed by atoms with Crippen molar-refractivity contribution in [2.24, 2.45) is 10.8 Å². The lowest BCUT2D eigenvalue weighted by molar-refractivity contribution is -0.385. The zero-order valence-electron chi connectivity index (χ0n) is 14.4. The van der Waals surface area contributed by atoms with Crippen molar-refractivity contribution in [3.8, 4) is 5.75 Å². The Morgan fingerprint density at radius 3 is 2.75 bits per heavy atom. The monoisotopic (exact) mass is 332 g/mol. The third-order valence-corrected chi connectivity index (χ3v) is 5.15. The van der Waals surface area contributed by atoms with Crippen LogP contribution in [-0.4, -0.2) is 34.9 Å². The molecule has 0 unspecified atom stereocenters. The summed E-state index contributed by atoms with van der Waals surface area (Å²) in [4.78, 5) is 25.1. The molecule has 3 rings (SSSR count). The van der Waals surface area contributed by atoms with E-state index in [4.69, 9.17) is 4.74 Å². The third kappa shape index (κ3) is 3.23. The second-order valence-corrected chi connectivity index (χ2v) is 8.25. The fraction of sp³-hybridized carbons (Fsp3) is 0.611. The summed E-state index contributed by atoms with van der Waals surface area (Å²) in [6, 6.07) is 6.41. The van der Waals surface area contributed by atoms with Crippen LogP contribution in [0.15, 0.2) is 24.3 Å². The van der Waals surface area contributed by atoms with Gasteiger partial charge in [0, 0.05) is 18.7 Å². The zero-order chi connectivity index (χ0) is 17.5. The molecule has 130 valence electrons. The number of fused-ring (bicyclic) bond motifs is 2. The van der Waals surface area contributed by atoms with Gasteiger partial charge in [-0.25, -0.2) is 0 Å². The average molecular weight is 332 g/mol. The molecule has 0 N–H and O–H groups in total. The first-order valence-electron chi connectivity index (χ1n) is 8.35. The predicted molar refractivity (Wildman–Crippen MR) is 89.8 cm³/mol. The van der Waals surface area contributed by atoms with E-state index in [2.05, 4.69) is 20.8 Å². The Morgan fingerprint density at radius 1 is 1.33 bits per heavy atom. The molecule has 2 bridgehead atoms. The van der Waals surface area contributed by atoms with Gasteiger partial charge in [0.25, 0.3) is 5.91 Å². The van der Waals surface area contributed by atoms with E-state index >= 15 is 0 Å². The van der Waals surface area contributed by atoms with Crippen LogP contribution in [0.2, 0.25) is 0 Å². The number of amides is 1. The first-order valence-corrected chi connectivity index (χ1v) is 8.35. The summed E-state index contributed by atoms with van der Waals surface area (Å²) in [5, 5.41) is 11.0. The normalized spacial score (nSPS) is 27.8. The number of hydrogen-bond acceptors (Lipinski definition) is 4. The van der Waals surface area contributed by atoms with Gasteiger partial charge >= 0.3 is 5.69 Å². The van der Waals surface area contributed by atoms with E-state index in [9.17, 15) is 14.9 Å². The van der Waals surface area contributed by atoms with Gasteiger partial charge in [-0.15, -0.1) is 0 Å². The molecule has 1 aliphatic carbocycles. The molecule has 0 aromatic heterocycles. The summed E-state index contributed by atoms with van der Waals surface area (Å²) < 4.78 is 5.47. The molecule has 0 radical (unpaired) electrons. The van der Waals surface area contributed by atoms with Crippen molar-refractivity contribution in [2.45, 2.75) is 46.1 Å². The van der Waals surface area contributed by atoms with E-state index in [1.54, 1.807) is 12.1 Å². The van der Waals surface area contributed by atoms with E-state index in [-0.39, 0.29) is 40.8 Å². The number of ether oxygens (including phenoxy) is 1. The molecular formula is C18H24N2O4. The van der Waals surface area contributed by atoms with Gasteiger partial charge in [-0.2, -0.15) is 0 Å². The van der Waals surface area contributed by atoms with Crippen LogP contribution >= 0.6 is 0 Å². The zero-order valence-corrected chi connectivity index (χ0v) is 14.4. The second kappa shape index (κ2) is 5.76. The molecule has 1 saturated carbocycles. The lowest BCUT2D eigenvalue weighted by Crippen LogP contribution is -2.40. The molecule has 0 spiro atoms. The number of hydrogen-bond donors (Lipinski definition) is 0. The number of carbonyl (C=O) groups is 1. The summed E-state index contributed by atoms with van der Waals surface area (Å²) in [5.41, 5.74) is 0.297. The summed E-state index contributed by atoms with van der Waals surface area (Å²) >= 11 is 0. The largest absolute Gasteiger partial charge is 0.477 e. The lowest BCUT2D eigenvalue weighted by atomic mass is 9.65. The Bertz CT molecular complexity index is 673. The predicted octanol–water partition coefficient (Wildman–Crippen LogP) is 3.40. The highest BCUT2D eigenvalue weighted by Gasteiger charge is 2.50. The first kappa shape index (κ1) is 16.7. The van der Waals surface area contributed by atoms with Gasteiger partial charge in [0.1, 0.15) is 0 Å². The van der Waals surface area contributed by atoms with Crippen LogP contribution in [0, 0.1) is 20.9 Å². The number of nitrogens with zero attached hydrogens (tertiary/aromatic N) is 2. The molecule has 2 aliphatic rings. The number of likely N-dealkylation sites (tertiary alicyclic amines) is 1. The van der Waals surface area contributed by atoms with Crippen molar-refractivity contribution in [2.75, 3.05) is 13.2 Å². The van der Waals surface area contributed by atoms with Crippen molar-refractivity contribution in [3.05, 3.63) is 34.4 Å². The van der Waals surface area contributed by atoms with Crippen LogP contribution in [0.4, 0.5) is 5.69 Å². The Kier molecular flexibility index (Phi) is 4.01. The molecule has 1 heterocycles. The SMILES string of the molecule is CC1(C)C[C@@H]2C[C@](C)(CN2C(=O)COc2ccccc2[N+](=O)[O-])C1. The Labute approximate surface area is 141 Å². The number of rotatable bonds is 4. The lowest BCUT2D eigenvalue weighted by Gasteiger charge is -2.39. The van der Waals surface area contributed by atoms with Gasteiger partial charge in [-0.05, 0) is 36.2 Å². The van der Waals surface area contributed by atoms with Crippen molar-refractivity contribution >= 4 is 11.6 Å². The highest BCUT2D eigenvalue weighted by Crippen LogP contribution is 2.52. The van der Waals surface area contributed by atoms with Crippen molar-refractivity contribution in [1.29, 1.82) is 0 Å². The van der Waals surface area contributed by atoms with Crippen molar-refractivity contribution in [1.82, 2.24) is 4.90 Å². The van der Waals surface area contributed by atoms with Gasteiger partial charge in [-0.3, -0.25) is 14.9 Å². The van der Waals surface area contributed by atoms with Crippen LogP contribution < -0.4 is 4.74 Å². The molecule has 2 atom stereocenters. The van der Waals surface area contributed by atoms with Crippen LogP contribution in [0.1, 0.15) is 40.0 Å². The number of nitro benzene ring substituents is 1. The van der Waals surface area contributed by atoms with Gasteiger partial charge in [-0.1, -0.05) is 32.9 Å². The summed E-state index contributed by atoms with van der Waals surface area (Å²) in [6.45, 7) is 7.36. The minimum Gasteiger partial charge on any atom is -0.477 e. The maximum Gasteiger partial charge on any atom is 0.310 e. The van der Waals surface area contributed by atoms with E-state index in [0.717, 1.165) is 25.8 Å². The Hall–Kier alpha value is -2.11. The fourth-order valence-electron chi connectivity index (χ4n) is 4.70. The molecule has 24 heavy (non-hydrogen) atoms. The summed E-state index contributed by atoms with van der Waals surface area (Å²) in [7, 11) is 0. The summed E-state index contributed by atoms with van der Waals surface area (Å²) in [6.07, 6.45) is 3.15. The van der Waals surface area contributed by atoms with E-state index in [1.165, 1.54) is 12.1 Å². The molecule has 1 aromatic carbocycles. The standard InChI is InChI=1S/C18H24N2O4/c1-17(2)8-13-9-18(3,11-17)12-19(13)16(21)10-24-15-7-5-4-6-14(15)20(22)23/h4-7,13H,8-12H2,1-3H3/t13-,18+/m1/s1. The van der Waals surface area contributed by atoms with Crippen molar-refractivity contribution in [3.63, 3.8) is 0 Å². The van der Waals surface area contributed by atoms with E-state index in [1.807, 2.05) is 4.90 Å². The molecule has 2 fully saturated rings. The molecule has 1 aliphatic heterocycles. The van der Waals surface area contributed by atoms with Crippen molar-refractivity contribution < 1.29 is 14.5 Å². The van der Waals surface area contributed by atoms with Crippen LogP contribution in [0.5, 0.6) is 5.75 Å². The topological polar surface area (TPSA) is 72.7 Å². The molecule has 6 heteroatoms. The smallest absolute Gasteiger partial charge is 0.310 e. The fourth-order valence-corrected chi connectivity index (χ4v) is 4.70. The van der Waals surface area contributed by atoms with E-state index < -0.39 is 4.92 Å². The average Bonchev–Trinajstić information content (AvgIpc) is 2.74. The van der Waals surface area contributed by atoms with Gasteiger partial charge in [0.2, 0.25) is 0 Å². The van der Waals surface area contributed by atoms with Crippen LogP contribution in [-0.2, 0) is 4.79 Å². The summed E-state index contributed by atoms with van der Waals surface area (Å²) in [5.74, 6) is 0.0594. The van der Waals surface area contributed by atoms with Gasteiger partial charge < -0.3 is 9.64 Å². The quantitative estimate of drug-likeness (QED) is 0.626. The molecule has 6 nitrogen and oxygen atoms in total. The first-order chi connectivity index (χ1) is 11.2.